The van der Waals surface area contributed by atoms with E-state index in [0.29, 0.717) is 0 Å². The second-order valence-corrected chi connectivity index (χ2v) is 7.29. The van der Waals surface area contributed by atoms with Crippen LogP contribution in [0, 0.1) is 6.92 Å². The van der Waals surface area contributed by atoms with Crippen molar-refractivity contribution >= 4 is 32.6 Å². The van der Waals surface area contributed by atoms with Crippen molar-refractivity contribution in [3.63, 3.8) is 0 Å². The van der Waals surface area contributed by atoms with Crippen LogP contribution in [0.1, 0.15) is 5.56 Å². The third kappa shape index (κ3) is 4.64. The Hall–Kier alpha value is -2.80. The Kier molecular flexibility index (Phi) is 6.05. The SMILES string of the molecule is Cc1cn(CC(=O)N(CCn2c(=O)ssc2=O)CC(=O)O)c(=O)[nH]c1=O. The van der Waals surface area contributed by atoms with Crippen LogP contribution >= 0.6 is 20.7 Å². The molecule has 2 heterocycles. The van der Waals surface area contributed by atoms with Crippen molar-refractivity contribution < 1.29 is 14.7 Å². The number of aromatic nitrogens is 3. The van der Waals surface area contributed by atoms with E-state index in [1.54, 1.807) is 0 Å². The molecule has 0 saturated carbocycles. The van der Waals surface area contributed by atoms with Gasteiger partial charge < -0.3 is 10.0 Å². The molecule has 2 rings (SSSR count). The van der Waals surface area contributed by atoms with E-state index in [0.717, 1.165) is 34.7 Å². The van der Waals surface area contributed by atoms with E-state index in [1.165, 1.54) is 13.1 Å². The van der Waals surface area contributed by atoms with Crippen LogP contribution in [-0.4, -0.2) is 49.1 Å². The zero-order valence-electron chi connectivity index (χ0n) is 13.5. The average molecular weight is 402 g/mol. The lowest BCUT2D eigenvalue weighted by atomic mass is 10.3. The molecule has 140 valence electrons. The Morgan fingerprint density at radius 1 is 1.19 bits per heavy atom. The number of carbonyl (C=O) groups excluding carboxylic acids is 1. The summed E-state index contributed by atoms with van der Waals surface area (Å²) in [6.45, 7) is -0.0488. The molecule has 0 saturated heterocycles. The minimum Gasteiger partial charge on any atom is -0.480 e. The first-order valence-electron chi connectivity index (χ1n) is 7.19. The Morgan fingerprint density at radius 3 is 2.38 bits per heavy atom. The molecule has 0 radical (unpaired) electrons. The van der Waals surface area contributed by atoms with Gasteiger partial charge in [-0.15, -0.1) is 0 Å². The number of aryl methyl sites for hydroxylation is 1. The van der Waals surface area contributed by atoms with Crippen molar-refractivity contribution in [2.45, 2.75) is 20.0 Å². The number of carboxylic acids is 1. The third-order valence-corrected chi connectivity index (χ3v) is 5.31. The van der Waals surface area contributed by atoms with Gasteiger partial charge in [0.25, 0.3) is 5.56 Å². The van der Waals surface area contributed by atoms with Crippen molar-refractivity contribution in [1.82, 2.24) is 19.0 Å². The molecule has 0 atom stereocenters. The number of hydrogen-bond donors (Lipinski definition) is 2. The molecule has 2 N–H and O–H groups in total. The van der Waals surface area contributed by atoms with E-state index in [9.17, 15) is 28.8 Å². The van der Waals surface area contributed by atoms with E-state index in [1.807, 2.05) is 4.98 Å². The predicted molar refractivity (Wildman–Crippen MR) is 93.0 cm³/mol. The van der Waals surface area contributed by atoms with Crippen molar-refractivity contribution in [1.29, 1.82) is 0 Å². The highest BCUT2D eigenvalue weighted by atomic mass is 32.9. The minimum atomic E-state index is -1.29. The number of aromatic amines is 1. The van der Waals surface area contributed by atoms with Crippen molar-refractivity contribution in [2.24, 2.45) is 0 Å². The molecular formula is C13H14N4O7S2. The van der Waals surface area contributed by atoms with Crippen LogP contribution in [-0.2, 0) is 22.7 Å². The fourth-order valence-corrected chi connectivity index (χ4v) is 3.77. The van der Waals surface area contributed by atoms with Crippen molar-refractivity contribution in [3.8, 4) is 0 Å². The number of carboxylic acid groups (broad SMARTS) is 1. The molecule has 2 aromatic rings. The van der Waals surface area contributed by atoms with Crippen LogP contribution < -0.4 is 21.0 Å². The molecule has 0 fully saturated rings. The Bertz CT molecular complexity index is 1030. The zero-order chi connectivity index (χ0) is 19.4. The summed E-state index contributed by atoms with van der Waals surface area (Å²) in [7, 11) is 1.50. The first-order chi connectivity index (χ1) is 12.2. The van der Waals surface area contributed by atoms with Crippen molar-refractivity contribution in [2.75, 3.05) is 13.1 Å². The number of rotatable bonds is 7. The summed E-state index contributed by atoms with van der Waals surface area (Å²) >= 11 is 0. The summed E-state index contributed by atoms with van der Waals surface area (Å²) in [6.07, 6.45) is 1.19. The van der Waals surface area contributed by atoms with E-state index in [4.69, 9.17) is 5.11 Å². The summed E-state index contributed by atoms with van der Waals surface area (Å²) in [5.41, 5.74) is -1.17. The highest BCUT2D eigenvalue weighted by Gasteiger charge is 2.19. The largest absolute Gasteiger partial charge is 0.480 e. The second kappa shape index (κ2) is 8.05. The minimum absolute atomic E-state index is 0.157. The molecule has 0 aliphatic carbocycles. The Balaban J connectivity index is 2.19. The molecule has 0 spiro atoms. The molecule has 0 bridgehead atoms. The molecule has 0 unspecified atom stereocenters. The average Bonchev–Trinajstić information content (AvgIpc) is 2.87. The smallest absolute Gasteiger partial charge is 0.328 e. The van der Waals surface area contributed by atoms with Gasteiger partial charge in [-0.25, -0.2) is 4.79 Å². The van der Waals surface area contributed by atoms with Gasteiger partial charge in [0.2, 0.25) is 5.91 Å². The molecule has 1 amide bonds. The van der Waals surface area contributed by atoms with E-state index < -0.39 is 46.0 Å². The maximum absolute atomic E-state index is 12.4. The molecule has 13 heteroatoms. The lowest BCUT2D eigenvalue weighted by Crippen LogP contribution is -2.43. The maximum Gasteiger partial charge on any atom is 0.328 e. The molecule has 2 aromatic heterocycles. The highest BCUT2D eigenvalue weighted by Crippen LogP contribution is 1.97. The topological polar surface area (TPSA) is 152 Å². The number of aliphatic carboxylic acids is 1. The van der Waals surface area contributed by atoms with Crippen LogP contribution in [0.3, 0.4) is 0 Å². The van der Waals surface area contributed by atoms with Crippen molar-refractivity contribution in [3.05, 3.63) is 51.9 Å². The van der Waals surface area contributed by atoms with Crippen LogP contribution in [0.5, 0.6) is 0 Å². The number of nitrogens with zero attached hydrogens (tertiary/aromatic N) is 3. The van der Waals surface area contributed by atoms with Crippen LogP contribution in [0.2, 0.25) is 0 Å². The summed E-state index contributed by atoms with van der Waals surface area (Å²) in [5, 5.41) is 8.96. The summed E-state index contributed by atoms with van der Waals surface area (Å²) in [4.78, 5) is 71.5. The molecule has 0 aliphatic heterocycles. The van der Waals surface area contributed by atoms with Crippen LogP contribution in [0.4, 0.5) is 0 Å². The van der Waals surface area contributed by atoms with Gasteiger partial charge in [0.1, 0.15) is 13.1 Å². The monoisotopic (exact) mass is 402 g/mol. The molecular weight excluding hydrogens is 388 g/mol. The van der Waals surface area contributed by atoms with Gasteiger partial charge in [-0.1, -0.05) is 0 Å². The quantitative estimate of drug-likeness (QED) is 0.513. The normalized spacial score (nSPS) is 10.7. The number of carbonyl (C=O) groups is 2. The summed E-state index contributed by atoms with van der Waals surface area (Å²) < 4.78 is 1.86. The van der Waals surface area contributed by atoms with Gasteiger partial charge in [-0.2, -0.15) is 0 Å². The first-order valence-corrected chi connectivity index (χ1v) is 9.34. The highest BCUT2D eigenvalue weighted by molar-refractivity contribution is 7.67. The number of hydrogen-bond acceptors (Lipinski definition) is 8. The number of amides is 1. The van der Waals surface area contributed by atoms with E-state index >= 15 is 0 Å². The summed E-state index contributed by atoms with van der Waals surface area (Å²) in [5.74, 6) is -1.99. The Morgan fingerprint density at radius 2 is 1.81 bits per heavy atom. The number of nitrogens with one attached hydrogen (secondary N) is 1. The fourth-order valence-electron chi connectivity index (χ4n) is 2.08. The molecule has 26 heavy (non-hydrogen) atoms. The fraction of sp³-hybridized carbons (Fsp3) is 0.385. The van der Waals surface area contributed by atoms with E-state index in [2.05, 4.69) is 0 Å². The standard InChI is InChI=1S/C13H14N4O7S2/c1-7-4-16(11(22)14-10(7)21)5-8(18)15(6-9(19)20)2-3-17-12(23)25-26-13(17)24/h4H,2-3,5-6H2,1H3,(H,19,20)(H,14,21,22). The lowest BCUT2D eigenvalue weighted by molar-refractivity contribution is -0.144. The second-order valence-electron chi connectivity index (χ2n) is 5.26. The van der Waals surface area contributed by atoms with Gasteiger partial charge >= 0.3 is 21.4 Å². The number of H-pyrrole nitrogens is 1. The van der Waals surface area contributed by atoms with Gasteiger partial charge in [-0.3, -0.25) is 38.1 Å². The third-order valence-electron chi connectivity index (χ3n) is 3.39. The molecule has 11 nitrogen and oxygen atoms in total. The van der Waals surface area contributed by atoms with Gasteiger partial charge in [0.05, 0.1) is 0 Å². The molecule has 0 aliphatic rings. The van der Waals surface area contributed by atoms with E-state index in [-0.39, 0.29) is 18.7 Å². The van der Waals surface area contributed by atoms with Gasteiger partial charge in [-0.05, 0) is 27.6 Å². The summed E-state index contributed by atoms with van der Waals surface area (Å²) in [6, 6.07) is 0. The zero-order valence-corrected chi connectivity index (χ0v) is 15.1. The maximum atomic E-state index is 12.4. The van der Waals surface area contributed by atoms with Gasteiger partial charge in [0.15, 0.2) is 0 Å². The van der Waals surface area contributed by atoms with Crippen LogP contribution in [0.25, 0.3) is 0 Å². The van der Waals surface area contributed by atoms with Gasteiger partial charge in [0, 0.05) is 24.8 Å². The Labute approximate surface area is 151 Å². The molecule has 0 aromatic carbocycles. The first kappa shape index (κ1) is 19.5. The predicted octanol–water partition coefficient (Wildman–Crippen LogP) is -1.90. The lowest BCUT2D eigenvalue weighted by Gasteiger charge is -2.21. The van der Waals surface area contributed by atoms with Crippen LogP contribution in [0.15, 0.2) is 25.4 Å².